The fourth-order valence-corrected chi connectivity index (χ4v) is 5.50. The number of carbonyl (C=O) groups excluding carboxylic acids is 2. The number of hydrogen-bond acceptors (Lipinski definition) is 6. The van der Waals surface area contributed by atoms with Crippen LogP contribution in [0.25, 0.3) is 6.08 Å². The molecule has 0 saturated carbocycles. The van der Waals surface area contributed by atoms with Gasteiger partial charge in [-0.05, 0) is 58.7 Å². The topological polar surface area (TPSA) is 92.0 Å². The predicted molar refractivity (Wildman–Crippen MR) is 180 cm³/mol. The third-order valence-electron chi connectivity index (χ3n) is 8.15. The monoisotopic (exact) mass is 657 g/mol. The van der Waals surface area contributed by atoms with Gasteiger partial charge in [0.25, 0.3) is 0 Å². The molecule has 1 fully saturated rings. The second-order valence-electron chi connectivity index (χ2n) is 11.7. The molecule has 2 amide bonds. The summed E-state index contributed by atoms with van der Waals surface area (Å²) in [5, 5.41) is 0. The molecule has 4 aromatic rings. The summed E-state index contributed by atoms with van der Waals surface area (Å²) in [4.78, 5) is 37.1. The smallest absolute Gasteiger partial charge is 0.399 e. The summed E-state index contributed by atoms with van der Waals surface area (Å²) in [5.41, 5.74) is 9.36. The number of ether oxygens (including phenoxy) is 1. The van der Waals surface area contributed by atoms with Gasteiger partial charge in [-0.3, -0.25) is 14.6 Å². The SMILES string of the molecule is CN(Cc1ccc(N)cc1)C(=O)C(Cc1ccccc1)N(Cc1ccc(N2CCOCC2)cc1)C(=O)C=Cc1ccc(C(F)(F)F)nc1. The molecular formula is C37H38F3N5O3. The fourth-order valence-electron chi connectivity index (χ4n) is 5.50. The van der Waals surface area contributed by atoms with Gasteiger partial charge in [-0.15, -0.1) is 0 Å². The molecule has 0 spiro atoms. The maximum atomic E-state index is 14.3. The summed E-state index contributed by atoms with van der Waals surface area (Å²) in [6.45, 7) is 3.28. The minimum absolute atomic E-state index is 0.122. The highest BCUT2D eigenvalue weighted by atomic mass is 19.4. The van der Waals surface area contributed by atoms with Crippen LogP contribution in [0.5, 0.6) is 0 Å². The quantitative estimate of drug-likeness (QED) is 0.161. The first-order chi connectivity index (χ1) is 23.1. The second kappa shape index (κ2) is 15.6. The van der Waals surface area contributed by atoms with Crippen molar-refractivity contribution in [3.05, 3.63) is 131 Å². The Labute approximate surface area is 278 Å². The van der Waals surface area contributed by atoms with Gasteiger partial charge in [0, 0.05) is 63.3 Å². The molecule has 0 radical (unpaired) electrons. The van der Waals surface area contributed by atoms with Crippen molar-refractivity contribution in [1.29, 1.82) is 0 Å². The molecule has 11 heteroatoms. The van der Waals surface area contributed by atoms with Crippen LogP contribution in [-0.2, 0) is 40.0 Å². The molecule has 1 unspecified atom stereocenters. The van der Waals surface area contributed by atoms with Crippen LogP contribution in [0.2, 0.25) is 0 Å². The molecule has 0 bridgehead atoms. The highest BCUT2D eigenvalue weighted by molar-refractivity contribution is 5.95. The van der Waals surface area contributed by atoms with Gasteiger partial charge in [0.05, 0.1) is 13.2 Å². The number of halogens is 3. The number of alkyl halides is 3. The van der Waals surface area contributed by atoms with Gasteiger partial charge in [0.2, 0.25) is 11.8 Å². The van der Waals surface area contributed by atoms with Gasteiger partial charge in [0.15, 0.2) is 0 Å². The summed E-state index contributed by atoms with van der Waals surface area (Å²) in [5.74, 6) is -0.735. The Morgan fingerprint density at radius 1 is 0.896 bits per heavy atom. The molecule has 2 heterocycles. The Balaban J connectivity index is 1.46. The van der Waals surface area contributed by atoms with E-state index in [0.717, 1.165) is 47.7 Å². The van der Waals surface area contributed by atoms with Crippen molar-refractivity contribution in [2.75, 3.05) is 44.0 Å². The van der Waals surface area contributed by atoms with Crippen molar-refractivity contribution < 1.29 is 27.5 Å². The summed E-state index contributed by atoms with van der Waals surface area (Å²) >= 11 is 0. The maximum Gasteiger partial charge on any atom is 0.433 e. The zero-order valence-electron chi connectivity index (χ0n) is 26.6. The van der Waals surface area contributed by atoms with Crippen LogP contribution < -0.4 is 10.6 Å². The fraction of sp³-hybridized carbons (Fsp3) is 0.270. The number of nitrogens with two attached hydrogens (primary N) is 1. The number of amides is 2. The van der Waals surface area contributed by atoms with Crippen molar-refractivity contribution in [3.63, 3.8) is 0 Å². The van der Waals surface area contributed by atoms with Crippen molar-refractivity contribution in [1.82, 2.24) is 14.8 Å². The summed E-state index contributed by atoms with van der Waals surface area (Å²) in [7, 11) is 1.69. The first kappa shape index (κ1) is 34.2. The van der Waals surface area contributed by atoms with Crippen molar-refractivity contribution in [3.8, 4) is 0 Å². The van der Waals surface area contributed by atoms with Crippen LogP contribution in [0.3, 0.4) is 0 Å². The van der Waals surface area contributed by atoms with E-state index >= 15 is 0 Å². The Hall–Kier alpha value is -5.16. The lowest BCUT2D eigenvalue weighted by Crippen LogP contribution is -2.50. The first-order valence-electron chi connectivity index (χ1n) is 15.6. The molecular weight excluding hydrogens is 619 g/mol. The van der Waals surface area contributed by atoms with Crippen LogP contribution in [0.4, 0.5) is 24.5 Å². The molecule has 0 aliphatic carbocycles. The lowest BCUT2D eigenvalue weighted by atomic mass is 10.0. The van der Waals surface area contributed by atoms with Crippen molar-refractivity contribution in [2.45, 2.75) is 31.7 Å². The number of hydrogen-bond donors (Lipinski definition) is 1. The highest BCUT2D eigenvalue weighted by Crippen LogP contribution is 2.27. The number of pyridine rings is 1. The molecule has 1 aliphatic heterocycles. The van der Waals surface area contributed by atoms with E-state index in [1.54, 1.807) is 24.1 Å². The van der Waals surface area contributed by atoms with E-state index in [0.29, 0.717) is 31.0 Å². The average molecular weight is 658 g/mol. The number of rotatable bonds is 11. The second-order valence-corrected chi connectivity index (χ2v) is 11.7. The molecule has 1 atom stereocenters. The molecule has 1 aromatic heterocycles. The molecule has 8 nitrogen and oxygen atoms in total. The van der Waals surface area contributed by atoms with Gasteiger partial charge in [-0.1, -0.05) is 60.7 Å². The number of benzene rings is 3. The van der Waals surface area contributed by atoms with Crippen LogP contribution in [0, 0.1) is 0 Å². The van der Waals surface area contributed by atoms with E-state index in [1.807, 2.05) is 66.7 Å². The number of anilines is 2. The lowest BCUT2D eigenvalue weighted by Gasteiger charge is -2.34. The molecule has 48 heavy (non-hydrogen) atoms. The third-order valence-corrected chi connectivity index (χ3v) is 8.15. The van der Waals surface area contributed by atoms with Gasteiger partial charge in [0.1, 0.15) is 11.7 Å². The Morgan fingerprint density at radius 3 is 2.17 bits per heavy atom. The summed E-state index contributed by atoms with van der Waals surface area (Å²) in [6, 6.07) is 25.8. The van der Waals surface area contributed by atoms with Gasteiger partial charge in [-0.2, -0.15) is 13.2 Å². The normalized spacial score (nSPS) is 14.1. The number of carbonyl (C=O) groups is 2. The molecule has 1 saturated heterocycles. The summed E-state index contributed by atoms with van der Waals surface area (Å²) < 4.78 is 44.6. The molecule has 250 valence electrons. The minimum atomic E-state index is -4.57. The number of aromatic nitrogens is 1. The Morgan fingerprint density at radius 2 is 1.54 bits per heavy atom. The Bertz CT molecular complexity index is 1670. The minimum Gasteiger partial charge on any atom is -0.399 e. The molecule has 1 aliphatic rings. The third kappa shape index (κ3) is 9.22. The number of morpholine rings is 1. The first-order valence-corrected chi connectivity index (χ1v) is 15.6. The van der Waals surface area contributed by atoms with Crippen LogP contribution >= 0.6 is 0 Å². The zero-order chi connectivity index (χ0) is 34.1. The van der Waals surface area contributed by atoms with E-state index in [-0.39, 0.29) is 18.9 Å². The number of likely N-dealkylation sites (N-methyl/N-ethyl adjacent to an activating group) is 1. The Kier molecular flexibility index (Phi) is 11.1. The predicted octanol–water partition coefficient (Wildman–Crippen LogP) is 5.83. The maximum absolute atomic E-state index is 14.3. The van der Waals surface area contributed by atoms with Crippen molar-refractivity contribution in [2.24, 2.45) is 0 Å². The van der Waals surface area contributed by atoms with E-state index in [4.69, 9.17) is 10.5 Å². The van der Waals surface area contributed by atoms with E-state index in [9.17, 15) is 22.8 Å². The molecule has 5 rings (SSSR count). The number of nitrogens with zero attached hydrogens (tertiary/aromatic N) is 4. The highest BCUT2D eigenvalue weighted by Gasteiger charge is 2.33. The summed E-state index contributed by atoms with van der Waals surface area (Å²) in [6.07, 6.45) is -0.577. The van der Waals surface area contributed by atoms with Crippen LogP contribution in [-0.4, -0.2) is 66.0 Å². The van der Waals surface area contributed by atoms with Gasteiger partial charge < -0.3 is 25.2 Å². The average Bonchev–Trinajstić information content (AvgIpc) is 3.10. The molecule has 2 N–H and O–H groups in total. The zero-order valence-corrected chi connectivity index (χ0v) is 26.6. The van der Waals surface area contributed by atoms with Crippen LogP contribution in [0.1, 0.15) is 27.9 Å². The lowest BCUT2D eigenvalue weighted by molar-refractivity contribution is -0.143. The van der Waals surface area contributed by atoms with Gasteiger partial charge >= 0.3 is 6.18 Å². The standard InChI is InChI=1S/C37H38F3N5O3/c1-43(25-29-7-13-31(41)14-8-29)36(47)33(23-27-5-3-2-4-6-27)45(26-30-9-15-32(16-10-30)44-19-21-48-22-20-44)35(46)18-12-28-11-17-34(42-24-28)37(38,39)40/h2-18,24,33H,19-23,25-26,41H2,1H3. The van der Waals surface area contributed by atoms with E-state index in [2.05, 4.69) is 9.88 Å². The molecule has 3 aromatic carbocycles. The van der Waals surface area contributed by atoms with Crippen LogP contribution in [0.15, 0.2) is 103 Å². The van der Waals surface area contributed by atoms with E-state index in [1.165, 1.54) is 23.1 Å². The van der Waals surface area contributed by atoms with Crippen molar-refractivity contribution >= 4 is 29.3 Å². The largest absolute Gasteiger partial charge is 0.433 e. The number of nitrogen functional groups attached to an aromatic ring is 1. The van der Waals surface area contributed by atoms with Gasteiger partial charge in [-0.25, -0.2) is 0 Å². The van der Waals surface area contributed by atoms with E-state index < -0.39 is 23.8 Å².